The van der Waals surface area contributed by atoms with Gasteiger partial charge in [-0.3, -0.25) is 9.59 Å². The van der Waals surface area contributed by atoms with Crippen LogP contribution in [0.3, 0.4) is 0 Å². The van der Waals surface area contributed by atoms with Crippen molar-refractivity contribution in [3.63, 3.8) is 0 Å². The quantitative estimate of drug-likeness (QED) is 0.797. The molecule has 0 heterocycles. The lowest BCUT2D eigenvalue weighted by Gasteiger charge is -2.10. The number of amides is 1. The first-order valence-electron chi connectivity index (χ1n) is 7.74. The average molecular weight is 362 g/mol. The summed E-state index contributed by atoms with van der Waals surface area (Å²) in [5.41, 5.74) is 3.48. The van der Waals surface area contributed by atoms with E-state index in [1.54, 1.807) is 24.3 Å². The fourth-order valence-electron chi connectivity index (χ4n) is 2.25. The van der Waals surface area contributed by atoms with Gasteiger partial charge in [-0.2, -0.15) is 0 Å². The lowest BCUT2D eigenvalue weighted by molar-refractivity contribution is -0.146. The standard InChI is InChI=1S/C19H20ClNO4/c1-12-4-6-16(8-13(12)2)21-18(22)11-25-19(23)10-14-9-15(20)5-7-17(14)24-3/h4-9H,10-11H2,1-3H3,(H,21,22). The van der Waals surface area contributed by atoms with Crippen LogP contribution in [0.15, 0.2) is 36.4 Å². The molecular formula is C19H20ClNO4. The molecule has 0 aliphatic heterocycles. The molecule has 0 radical (unpaired) electrons. The fourth-order valence-corrected chi connectivity index (χ4v) is 2.45. The Balaban J connectivity index is 1.88. The van der Waals surface area contributed by atoms with Crippen LogP contribution in [0.4, 0.5) is 5.69 Å². The number of aryl methyl sites for hydroxylation is 2. The molecule has 0 aliphatic carbocycles. The molecule has 1 N–H and O–H groups in total. The van der Waals surface area contributed by atoms with Crippen LogP contribution in [0.25, 0.3) is 0 Å². The number of halogens is 1. The minimum absolute atomic E-state index is 0.0271. The van der Waals surface area contributed by atoms with Crippen LogP contribution in [0.5, 0.6) is 5.75 Å². The van der Waals surface area contributed by atoms with Gasteiger partial charge in [-0.05, 0) is 55.3 Å². The number of rotatable bonds is 6. The van der Waals surface area contributed by atoms with Gasteiger partial charge in [0.1, 0.15) is 5.75 Å². The minimum atomic E-state index is -0.532. The van der Waals surface area contributed by atoms with Crippen molar-refractivity contribution < 1.29 is 19.1 Å². The van der Waals surface area contributed by atoms with Gasteiger partial charge in [-0.1, -0.05) is 17.7 Å². The van der Waals surface area contributed by atoms with Crippen LogP contribution in [-0.2, 0) is 20.7 Å². The Bertz CT molecular complexity index is 789. The first kappa shape index (κ1) is 18.8. The van der Waals surface area contributed by atoms with Crippen LogP contribution >= 0.6 is 11.6 Å². The third-order valence-electron chi connectivity index (χ3n) is 3.73. The van der Waals surface area contributed by atoms with Gasteiger partial charge < -0.3 is 14.8 Å². The second-order valence-corrected chi connectivity index (χ2v) is 6.08. The van der Waals surface area contributed by atoms with Crippen LogP contribution in [0.1, 0.15) is 16.7 Å². The molecule has 0 fully saturated rings. The summed E-state index contributed by atoms with van der Waals surface area (Å²) in [5.74, 6) is -0.383. The predicted molar refractivity (Wildman–Crippen MR) is 97.2 cm³/mol. The molecule has 132 valence electrons. The van der Waals surface area contributed by atoms with Gasteiger partial charge in [0.05, 0.1) is 13.5 Å². The molecule has 0 aliphatic rings. The number of hydrogen-bond acceptors (Lipinski definition) is 4. The topological polar surface area (TPSA) is 64.6 Å². The number of esters is 1. The highest BCUT2D eigenvalue weighted by Gasteiger charge is 2.13. The van der Waals surface area contributed by atoms with Crippen LogP contribution in [-0.4, -0.2) is 25.6 Å². The van der Waals surface area contributed by atoms with E-state index in [0.717, 1.165) is 11.1 Å². The van der Waals surface area contributed by atoms with Crippen molar-refractivity contribution in [3.05, 3.63) is 58.1 Å². The van der Waals surface area contributed by atoms with Gasteiger partial charge in [0.2, 0.25) is 0 Å². The second kappa shape index (κ2) is 8.53. The Morgan fingerprint density at radius 1 is 1.08 bits per heavy atom. The highest BCUT2D eigenvalue weighted by molar-refractivity contribution is 6.30. The van der Waals surface area contributed by atoms with E-state index in [2.05, 4.69) is 5.32 Å². The van der Waals surface area contributed by atoms with E-state index in [0.29, 0.717) is 22.0 Å². The van der Waals surface area contributed by atoms with E-state index in [9.17, 15) is 9.59 Å². The normalized spacial score (nSPS) is 10.2. The zero-order chi connectivity index (χ0) is 18.4. The number of carbonyl (C=O) groups excluding carboxylic acids is 2. The molecule has 2 aromatic rings. The van der Waals surface area contributed by atoms with Crippen LogP contribution < -0.4 is 10.1 Å². The fraction of sp³-hybridized carbons (Fsp3) is 0.263. The molecule has 0 unspecified atom stereocenters. The molecule has 0 bridgehead atoms. The van der Waals surface area contributed by atoms with Crippen LogP contribution in [0.2, 0.25) is 5.02 Å². The van der Waals surface area contributed by atoms with Gasteiger partial charge in [0.25, 0.3) is 5.91 Å². The van der Waals surface area contributed by atoms with Crippen molar-refractivity contribution in [2.24, 2.45) is 0 Å². The van der Waals surface area contributed by atoms with Crippen LogP contribution in [0, 0.1) is 13.8 Å². The van der Waals surface area contributed by atoms with Gasteiger partial charge in [0.15, 0.2) is 6.61 Å². The van der Waals surface area contributed by atoms with E-state index in [1.807, 2.05) is 26.0 Å². The van der Waals surface area contributed by atoms with Crippen molar-refractivity contribution in [2.45, 2.75) is 20.3 Å². The molecule has 2 aromatic carbocycles. The molecule has 0 spiro atoms. The number of benzene rings is 2. The number of carbonyl (C=O) groups is 2. The summed E-state index contributed by atoms with van der Waals surface area (Å²) in [6.45, 7) is 3.60. The average Bonchev–Trinajstić information content (AvgIpc) is 2.57. The lowest BCUT2D eigenvalue weighted by Crippen LogP contribution is -2.21. The lowest BCUT2D eigenvalue weighted by atomic mass is 10.1. The maximum Gasteiger partial charge on any atom is 0.310 e. The number of methoxy groups -OCH3 is 1. The Morgan fingerprint density at radius 3 is 2.52 bits per heavy atom. The van der Waals surface area contributed by atoms with Crippen molar-refractivity contribution in [1.29, 1.82) is 0 Å². The smallest absolute Gasteiger partial charge is 0.310 e. The minimum Gasteiger partial charge on any atom is -0.496 e. The summed E-state index contributed by atoms with van der Waals surface area (Å²) in [5, 5.41) is 3.20. The Labute approximate surface area is 151 Å². The maximum absolute atomic E-state index is 11.9. The zero-order valence-corrected chi connectivity index (χ0v) is 15.1. The Morgan fingerprint density at radius 2 is 1.84 bits per heavy atom. The highest BCUT2D eigenvalue weighted by atomic mass is 35.5. The molecule has 6 heteroatoms. The third kappa shape index (κ3) is 5.50. The highest BCUT2D eigenvalue weighted by Crippen LogP contribution is 2.23. The molecule has 2 rings (SSSR count). The largest absolute Gasteiger partial charge is 0.496 e. The van der Waals surface area contributed by atoms with E-state index < -0.39 is 11.9 Å². The molecule has 0 saturated heterocycles. The summed E-state index contributed by atoms with van der Waals surface area (Å²) >= 11 is 5.93. The predicted octanol–water partition coefficient (Wildman–Crippen LogP) is 3.69. The molecule has 0 atom stereocenters. The van der Waals surface area contributed by atoms with Gasteiger partial charge >= 0.3 is 5.97 Å². The Kier molecular flexibility index (Phi) is 6.42. The number of ether oxygens (including phenoxy) is 2. The van der Waals surface area contributed by atoms with E-state index in [1.165, 1.54) is 7.11 Å². The molecule has 1 amide bonds. The van der Waals surface area contributed by atoms with Gasteiger partial charge in [-0.15, -0.1) is 0 Å². The van der Waals surface area contributed by atoms with E-state index >= 15 is 0 Å². The first-order valence-corrected chi connectivity index (χ1v) is 8.12. The zero-order valence-electron chi connectivity index (χ0n) is 14.4. The molecule has 5 nitrogen and oxygen atoms in total. The SMILES string of the molecule is COc1ccc(Cl)cc1CC(=O)OCC(=O)Nc1ccc(C)c(C)c1. The number of nitrogens with one attached hydrogen (secondary N) is 1. The molecule has 25 heavy (non-hydrogen) atoms. The number of anilines is 1. The first-order chi connectivity index (χ1) is 11.9. The van der Waals surface area contributed by atoms with Gasteiger partial charge in [0, 0.05) is 16.3 Å². The van der Waals surface area contributed by atoms with E-state index in [-0.39, 0.29) is 13.0 Å². The van der Waals surface area contributed by atoms with E-state index in [4.69, 9.17) is 21.1 Å². The molecular weight excluding hydrogens is 342 g/mol. The molecule has 0 aromatic heterocycles. The van der Waals surface area contributed by atoms with Crippen molar-refractivity contribution >= 4 is 29.2 Å². The van der Waals surface area contributed by atoms with Crippen molar-refractivity contribution in [3.8, 4) is 5.75 Å². The summed E-state index contributed by atoms with van der Waals surface area (Å²) in [6.07, 6.45) is -0.0271. The summed E-state index contributed by atoms with van der Waals surface area (Å²) in [7, 11) is 1.51. The third-order valence-corrected chi connectivity index (χ3v) is 3.97. The summed E-state index contributed by atoms with van der Waals surface area (Å²) in [4.78, 5) is 23.9. The second-order valence-electron chi connectivity index (χ2n) is 5.64. The number of hydrogen-bond donors (Lipinski definition) is 1. The maximum atomic E-state index is 11.9. The summed E-state index contributed by atoms with van der Waals surface area (Å²) in [6, 6.07) is 10.6. The summed E-state index contributed by atoms with van der Waals surface area (Å²) < 4.78 is 10.2. The van der Waals surface area contributed by atoms with Crippen molar-refractivity contribution in [2.75, 3.05) is 19.0 Å². The van der Waals surface area contributed by atoms with Gasteiger partial charge in [-0.25, -0.2) is 0 Å². The Hall–Kier alpha value is -2.53. The van der Waals surface area contributed by atoms with Crippen molar-refractivity contribution in [1.82, 2.24) is 0 Å². The molecule has 0 saturated carbocycles. The monoisotopic (exact) mass is 361 g/mol.